The number of dihydropyridines is 1. The fourth-order valence-corrected chi connectivity index (χ4v) is 3.36. The van der Waals surface area contributed by atoms with E-state index in [1.165, 1.54) is 16.7 Å². The van der Waals surface area contributed by atoms with Crippen molar-refractivity contribution in [2.24, 2.45) is 9.98 Å². The van der Waals surface area contributed by atoms with Crippen LogP contribution < -0.4 is 0 Å². The van der Waals surface area contributed by atoms with Crippen LogP contribution >= 0.6 is 11.6 Å². The minimum absolute atomic E-state index is 0.761. The van der Waals surface area contributed by atoms with Gasteiger partial charge < -0.3 is 4.98 Å². The number of aromatic amines is 1. The number of halogens is 1. The number of aliphatic imine (C=N–C) groups is 2. The molecule has 23 heavy (non-hydrogen) atoms. The van der Waals surface area contributed by atoms with Crippen molar-refractivity contribution in [1.82, 2.24) is 4.98 Å². The van der Waals surface area contributed by atoms with Gasteiger partial charge in [-0.2, -0.15) is 0 Å². The molecule has 0 amide bonds. The molecule has 0 saturated heterocycles. The Bertz CT molecular complexity index is 868. The van der Waals surface area contributed by atoms with Crippen molar-refractivity contribution in [2.45, 2.75) is 19.3 Å². The lowest BCUT2D eigenvalue weighted by Crippen LogP contribution is -2.15. The first-order chi connectivity index (χ1) is 11.3. The molecule has 2 aromatic rings. The molecule has 0 bridgehead atoms. The van der Waals surface area contributed by atoms with E-state index >= 15 is 0 Å². The molecule has 0 spiro atoms. The topological polar surface area (TPSA) is 40.5 Å². The van der Waals surface area contributed by atoms with Crippen molar-refractivity contribution in [2.75, 3.05) is 13.1 Å². The van der Waals surface area contributed by atoms with Crippen molar-refractivity contribution >= 4 is 40.5 Å². The van der Waals surface area contributed by atoms with Crippen molar-refractivity contribution in [3.63, 3.8) is 0 Å². The second kappa shape index (κ2) is 6.17. The van der Waals surface area contributed by atoms with E-state index in [9.17, 15) is 0 Å². The summed E-state index contributed by atoms with van der Waals surface area (Å²) in [5.74, 6) is 0. The number of H-pyrrole nitrogens is 1. The summed E-state index contributed by atoms with van der Waals surface area (Å²) in [4.78, 5) is 12.5. The average Bonchev–Trinajstić information content (AvgIpc) is 2.98. The molecule has 3 heterocycles. The Hall–Kier alpha value is -2.13. The molecule has 1 aromatic heterocycles. The molecular formula is C19H18ClN3. The molecule has 116 valence electrons. The van der Waals surface area contributed by atoms with Crippen LogP contribution in [0.3, 0.4) is 0 Å². The zero-order valence-corrected chi connectivity index (χ0v) is 13.6. The van der Waals surface area contributed by atoms with E-state index in [0.29, 0.717) is 0 Å². The zero-order chi connectivity index (χ0) is 15.6. The normalized spacial score (nSPS) is 20.0. The predicted molar refractivity (Wildman–Crippen MR) is 98.9 cm³/mol. The number of hydrogen-bond acceptors (Lipinski definition) is 2. The Balaban J connectivity index is 1.77. The number of allylic oxidation sites excluding steroid dienone is 2. The molecule has 1 aromatic carbocycles. The first kappa shape index (κ1) is 14.5. The number of nitrogens with zero attached hydrogens (tertiary/aromatic N) is 2. The zero-order valence-electron chi connectivity index (χ0n) is 12.8. The van der Waals surface area contributed by atoms with Gasteiger partial charge in [-0.15, -0.1) is 0 Å². The van der Waals surface area contributed by atoms with Crippen molar-refractivity contribution in [3.05, 3.63) is 52.2 Å². The monoisotopic (exact) mass is 323 g/mol. The van der Waals surface area contributed by atoms with Crippen molar-refractivity contribution in [3.8, 4) is 0 Å². The predicted octanol–water partition coefficient (Wildman–Crippen LogP) is 4.84. The quantitative estimate of drug-likeness (QED) is 0.821. The van der Waals surface area contributed by atoms with Crippen LogP contribution in [0.1, 0.15) is 24.8 Å². The maximum absolute atomic E-state index is 6.16. The van der Waals surface area contributed by atoms with Gasteiger partial charge in [0.05, 0.1) is 5.71 Å². The molecule has 0 fully saturated rings. The highest BCUT2D eigenvalue weighted by atomic mass is 35.5. The van der Waals surface area contributed by atoms with Gasteiger partial charge in [0.15, 0.2) is 0 Å². The molecule has 1 N–H and O–H groups in total. The SMILES string of the molecule is Clc1ccc2[nH]cc(/C=C3\CCCN=C3C3=CCCN=C3)c2c1. The third kappa shape index (κ3) is 2.89. The molecule has 0 aliphatic carbocycles. The number of nitrogens with one attached hydrogen (secondary N) is 1. The molecular weight excluding hydrogens is 306 g/mol. The van der Waals surface area contributed by atoms with Gasteiger partial charge in [-0.3, -0.25) is 9.98 Å². The van der Waals surface area contributed by atoms with E-state index < -0.39 is 0 Å². The van der Waals surface area contributed by atoms with Gasteiger partial charge in [-0.25, -0.2) is 0 Å². The van der Waals surface area contributed by atoms with Crippen LogP contribution in [0, 0.1) is 0 Å². The van der Waals surface area contributed by atoms with E-state index in [1.54, 1.807) is 0 Å². The lowest BCUT2D eigenvalue weighted by molar-refractivity contribution is 0.818. The van der Waals surface area contributed by atoms with E-state index in [4.69, 9.17) is 16.6 Å². The largest absolute Gasteiger partial charge is 0.361 e. The lowest BCUT2D eigenvalue weighted by atomic mass is 9.93. The summed E-state index contributed by atoms with van der Waals surface area (Å²) in [6.45, 7) is 1.79. The van der Waals surface area contributed by atoms with Crippen LogP contribution in [0.5, 0.6) is 0 Å². The summed E-state index contributed by atoms with van der Waals surface area (Å²) in [6.07, 6.45) is 11.7. The molecule has 0 radical (unpaired) electrons. The maximum atomic E-state index is 6.16. The summed E-state index contributed by atoms with van der Waals surface area (Å²) in [5, 5.41) is 1.91. The number of fused-ring (bicyclic) bond motifs is 1. The molecule has 2 aliphatic rings. The van der Waals surface area contributed by atoms with Crippen molar-refractivity contribution < 1.29 is 0 Å². The first-order valence-corrected chi connectivity index (χ1v) is 8.41. The number of aromatic nitrogens is 1. The van der Waals surface area contributed by atoms with E-state index in [0.717, 1.165) is 54.0 Å². The third-order valence-corrected chi connectivity index (χ3v) is 4.55. The minimum atomic E-state index is 0.761. The summed E-state index contributed by atoms with van der Waals surface area (Å²) in [6, 6.07) is 5.95. The van der Waals surface area contributed by atoms with Crippen LogP contribution in [0.25, 0.3) is 17.0 Å². The van der Waals surface area contributed by atoms with Crippen LogP contribution in [0.15, 0.2) is 51.6 Å². The number of hydrogen-bond donors (Lipinski definition) is 1. The minimum Gasteiger partial charge on any atom is -0.361 e. The maximum Gasteiger partial charge on any atom is 0.0690 e. The molecule has 4 rings (SSSR count). The highest BCUT2D eigenvalue weighted by Gasteiger charge is 2.17. The van der Waals surface area contributed by atoms with E-state index in [-0.39, 0.29) is 0 Å². The Morgan fingerprint density at radius 3 is 3.04 bits per heavy atom. The highest BCUT2D eigenvalue weighted by molar-refractivity contribution is 6.31. The molecule has 4 heteroatoms. The first-order valence-electron chi connectivity index (χ1n) is 8.04. The van der Waals surface area contributed by atoms with Crippen molar-refractivity contribution in [1.29, 1.82) is 0 Å². The van der Waals surface area contributed by atoms with E-state index in [2.05, 4.69) is 22.1 Å². The van der Waals surface area contributed by atoms with Gasteiger partial charge in [0.1, 0.15) is 0 Å². The molecule has 0 saturated carbocycles. The van der Waals surface area contributed by atoms with Gasteiger partial charge in [-0.05, 0) is 49.1 Å². The summed E-state index contributed by atoms with van der Waals surface area (Å²) >= 11 is 6.16. The van der Waals surface area contributed by atoms with E-state index in [1.807, 2.05) is 30.6 Å². The summed E-state index contributed by atoms with van der Waals surface area (Å²) in [7, 11) is 0. The van der Waals surface area contributed by atoms with Crippen LogP contribution in [0.4, 0.5) is 0 Å². The fourth-order valence-electron chi connectivity index (χ4n) is 3.19. The molecule has 0 atom stereocenters. The summed E-state index contributed by atoms with van der Waals surface area (Å²) in [5.41, 5.74) is 5.84. The Morgan fingerprint density at radius 1 is 1.22 bits per heavy atom. The van der Waals surface area contributed by atoms with Crippen LogP contribution in [-0.2, 0) is 0 Å². The third-order valence-electron chi connectivity index (χ3n) is 4.31. The number of rotatable bonds is 2. The highest BCUT2D eigenvalue weighted by Crippen LogP contribution is 2.27. The van der Waals surface area contributed by atoms with Gasteiger partial charge in [0.25, 0.3) is 0 Å². The Labute approximate surface area is 140 Å². The standard InChI is InChI=1S/C19H18ClN3/c20-16-5-6-18-17(10-16)15(12-23-18)9-13-3-2-8-22-19(13)14-4-1-7-21-11-14/h4-6,9-12,23H,1-3,7-8H2/b13-9+. The average molecular weight is 324 g/mol. The smallest absolute Gasteiger partial charge is 0.0690 e. The number of benzene rings is 1. The second-order valence-electron chi connectivity index (χ2n) is 5.92. The Morgan fingerprint density at radius 2 is 2.17 bits per heavy atom. The van der Waals surface area contributed by atoms with Crippen LogP contribution in [0.2, 0.25) is 5.02 Å². The molecule has 3 nitrogen and oxygen atoms in total. The summed E-state index contributed by atoms with van der Waals surface area (Å²) < 4.78 is 0. The Kier molecular flexibility index (Phi) is 3.88. The lowest BCUT2D eigenvalue weighted by Gasteiger charge is -2.18. The molecule has 2 aliphatic heterocycles. The van der Waals surface area contributed by atoms with Gasteiger partial charge in [0.2, 0.25) is 0 Å². The van der Waals surface area contributed by atoms with Gasteiger partial charge in [-0.1, -0.05) is 17.7 Å². The van der Waals surface area contributed by atoms with Crippen LogP contribution in [-0.4, -0.2) is 30.0 Å². The van der Waals surface area contributed by atoms with Gasteiger partial charge >= 0.3 is 0 Å². The fraction of sp³-hybridized carbons (Fsp3) is 0.263. The van der Waals surface area contributed by atoms with Gasteiger partial charge in [0, 0.05) is 52.6 Å². The molecule has 0 unspecified atom stereocenters. The second-order valence-corrected chi connectivity index (χ2v) is 6.36.